The molecule has 2 aliphatic rings. The molecule has 0 aliphatic carbocycles. The molecule has 2 fully saturated rings. The van der Waals surface area contributed by atoms with Crippen LogP contribution < -0.4 is 5.32 Å². The van der Waals surface area contributed by atoms with E-state index < -0.39 is 0 Å². The molecule has 0 saturated carbocycles. The fraction of sp³-hybridized carbons (Fsp3) is 0.625. The van der Waals surface area contributed by atoms with Gasteiger partial charge in [-0.2, -0.15) is 0 Å². The molecule has 5 heteroatoms. The molecule has 21 heavy (non-hydrogen) atoms. The summed E-state index contributed by atoms with van der Waals surface area (Å²) in [6, 6.07) is 4.98. The average Bonchev–Trinajstić information content (AvgIpc) is 2.94. The van der Waals surface area contributed by atoms with Gasteiger partial charge in [-0.1, -0.05) is 0 Å². The second-order valence-corrected chi connectivity index (χ2v) is 5.93. The second kappa shape index (κ2) is 7.00. The molecule has 1 amide bonds. The number of carbonyl (C=O) groups excluding carboxylic acids is 1. The van der Waals surface area contributed by atoms with Crippen molar-refractivity contribution in [3.05, 3.63) is 30.1 Å². The van der Waals surface area contributed by atoms with Gasteiger partial charge in [0.25, 0.3) is 0 Å². The number of hydrogen-bond donors (Lipinski definition) is 1. The molecule has 0 radical (unpaired) electrons. The average molecular weight is 289 g/mol. The lowest BCUT2D eigenvalue weighted by Crippen LogP contribution is -2.45. The lowest BCUT2D eigenvalue weighted by Gasteiger charge is -2.35. The summed E-state index contributed by atoms with van der Waals surface area (Å²) >= 11 is 0. The number of hydrogen-bond acceptors (Lipinski definition) is 4. The van der Waals surface area contributed by atoms with Crippen molar-refractivity contribution in [3.63, 3.8) is 0 Å². The molecule has 1 aromatic rings. The van der Waals surface area contributed by atoms with E-state index in [-0.39, 0.29) is 5.91 Å². The van der Waals surface area contributed by atoms with Gasteiger partial charge in [-0.05, 0) is 37.0 Å². The molecule has 1 N–H and O–H groups in total. The summed E-state index contributed by atoms with van der Waals surface area (Å²) < 4.78 is 5.48. The van der Waals surface area contributed by atoms with Crippen molar-refractivity contribution >= 4 is 5.91 Å². The first kappa shape index (κ1) is 14.5. The van der Waals surface area contributed by atoms with Crippen molar-refractivity contribution in [2.45, 2.75) is 44.3 Å². The molecule has 0 spiro atoms. The van der Waals surface area contributed by atoms with E-state index in [4.69, 9.17) is 4.74 Å². The van der Waals surface area contributed by atoms with E-state index >= 15 is 0 Å². The van der Waals surface area contributed by atoms with Crippen LogP contribution in [-0.4, -0.2) is 47.6 Å². The predicted molar refractivity (Wildman–Crippen MR) is 79.7 cm³/mol. The summed E-state index contributed by atoms with van der Waals surface area (Å²) in [6.07, 6.45) is 7.46. The van der Waals surface area contributed by atoms with Crippen molar-refractivity contribution in [1.29, 1.82) is 0 Å². The van der Waals surface area contributed by atoms with E-state index in [2.05, 4.69) is 27.3 Å². The predicted octanol–water partition coefficient (Wildman–Crippen LogP) is 1.34. The maximum atomic E-state index is 11.4. The summed E-state index contributed by atoms with van der Waals surface area (Å²) in [4.78, 5) is 18.0. The van der Waals surface area contributed by atoms with Crippen LogP contribution in [0.5, 0.6) is 0 Å². The topological polar surface area (TPSA) is 54.5 Å². The number of nitrogens with one attached hydrogen (secondary N) is 1. The van der Waals surface area contributed by atoms with Crippen LogP contribution >= 0.6 is 0 Å². The van der Waals surface area contributed by atoms with Gasteiger partial charge in [-0.3, -0.25) is 14.7 Å². The monoisotopic (exact) mass is 289 g/mol. The number of carbonyl (C=O) groups is 1. The summed E-state index contributed by atoms with van der Waals surface area (Å²) in [6.45, 7) is 3.53. The largest absolute Gasteiger partial charge is 0.381 e. The van der Waals surface area contributed by atoms with Crippen LogP contribution in [0.3, 0.4) is 0 Å². The third-order valence-corrected chi connectivity index (χ3v) is 4.38. The highest BCUT2D eigenvalue weighted by Gasteiger charge is 2.27. The highest BCUT2D eigenvalue weighted by molar-refractivity contribution is 5.78. The molecule has 0 unspecified atom stereocenters. The highest BCUT2D eigenvalue weighted by Crippen LogP contribution is 2.19. The fourth-order valence-electron chi connectivity index (χ4n) is 3.21. The van der Waals surface area contributed by atoms with Gasteiger partial charge in [-0.25, -0.2) is 0 Å². The first-order valence-electron chi connectivity index (χ1n) is 7.81. The molecule has 114 valence electrons. The molecule has 3 rings (SSSR count). The Kier molecular flexibility index (Phi) is 4.83. The van der Waals surface area contributed by atoms with Gasteiger partial charge in [0.05, 0.1) is 0 Å². The second-order valence-electron chi connectivity index (χ2n) is 5.93. The van der Waals surface area contributed by atoms with Crippen molar-refractivity contribution in [2.75, 3.05) is 19.8 Å². The molecule has 0 bridgehead atoms. The normalized spacial score (nSPS) is 23.5. The molecule has 3 heterocycles. The van der Waals surface area contributed by atoms with E-state index in [9.17, 15) is 4.79 Å². The molecule has 2 aliphatic heterocycles. The lowest BCUT2D eigenvalue weighted by atomic mass is 10.0. The number of nitrogens with zero attached hydrogens (tertiary/aromatic N) is 2. The van der Waals surface area contributed by atoms with E-state index in [1.165, 1.54) is 5.56 Å². The van der Waals surface area contributed by atoms with Gasteiger partial charge in [0.15, 0.2) is 0 Å². The number of pyridine rings is 1. The van der Waals surface area contributed by atoms with Gasteiger partial charge in [0.2, 0.25) is 5.91 Å². The molecular weight excluding hydrogens is 266 g/mol. The smallest absolute Gasteiger partial charge is 0.220 e. The molecule has 2 saturated heterocycles. The fourth-order valence-corrected chi connectivity index (χ4v) is 3.21. The minimum atomic E-state index is 0.191. The summed E-state index contributed by atoms with van der Waals surface area (Å²) in [7, 11) is 0. The zero-order valence-electron chi connectivity index (χ0n) is 12.3. The Morgan fingerprint density at radius 1 is 1.24 bits per heavy atom. The minimum absolute atomic E-state index is 0.191. The van der Waals surface area contributed by atoms with Crippen LogP contribution in [0, 0.1) is 0 Å². The van der Waals surface area contributed by atoms with E-state index in [0.717, 1.165) is 45.6 Å². The Morgan fingerprint density at radius 2 is 2.00 bits per heavy atom. The number of aromatic nitrogens is 1. The van der Waals surface area contributed by atoms with Crippen molar-refractivity contribution in [3.8, 4) is 0 Å². The number of ether oxygens (including phenoxy) is 1. The highest BCUT2D eigenvalue weighted by atomic mass is 16.5. The maximum absolute atomic E-state index is 11.4. The lowest BCUT2D eigenvalue weighted by molar-refractivity contribution is -0.119. The van der Waals surface area contributed by atoms with Crippen LogP contribution in [0.25, 0.3) is 0 Å². The Morgan fingerprint density at radius 3 is 2.67 bits per heavy atom. The third kappa shape index (κ3) is 4.02. The van der Waals surface area contributed by atoms with E-state index in [1.54, 1.807) is 0 Å². The van der Waals surface area contributed by atoms with Gasteiger partial charge >= 0.3 is 0 Å². The Hall–Kier alpha value is -1.46. The molecule has 1 aromatic heterocycles. The Labute approximate surface area is 125 Å². The SMILES string of the molecule is O=C1CC[C@@H](CN(Cc2ccncc2)C2CCOCC2)N1. The van der Waals surface area contributed by atoms with Gasteiger partial charge in [-0.15, -0.1) is 0 Å². The third-order valence-electron chi connectivity index (χ3n) is 4.38. The van der Waals surface area contributed by atoms with Crippen LogP contribution in [-0.2, 0) is 16.1 Å². The first-order chi connectivity index (χ1) is 10.3. The van der Waals surface area contributed by atoms with E-state index in [1.807, 2.05) is 12.4 Å². The van der Waals surface area contributed by atoms with Gasteiger partial charge < -0.3 is 10.1 Å². The maximum Gasteiger partial charge on any atom is 0.220 e. The zero-order valence-corrected chi connectivity index (χ0v) is 12.3. The van der Waals surface area contributed by atoms with Gasteiger partial charge in [0, 0.05) is 57.2 Å². The summed E-state index contributed by atoms with van der Waals surface area (Å²) in [5, 5.41) is 3.09. The molecular formula is C16H23N3O2. The zero-order chi connectivity index (χ0) is 14.5. The van der Waals surface area contributed by atoms with Crippen molar-refractivity contribution in [2.24, 2.45) is 0 Å². The molecule has 1 atom stereocenters. The summed E-state index contributed by atoms with van der Waals surface area (Å²) in [5.41, 5.74) is 1.28. The van der Waals surface area contributed by atoms with Crippen molar-refractivity contribution in [1.82, 2.24) is 15.2 Å². The summed E-state index contributed by atoms with van der Waals surface area (Å²) in [5.74, 6) is 0.191. The standard InChI is InChI=1S/C16H23N3O2/c20-16-2-1-14(18-16)12-19(15-5-9-21-10-6-15)11-13-3-7-17-8-4-13/h3-4,7-8,14-15H,1-2,5-6,9-12H2,(H,18,20)/t14-/m0/s1. The van der Waals surface area contributed by atoms with Crippen LogP contribution in [0.15, 0.2) is 24.5 Å². The van der Waals surface area contributed by atoms with Crippen molar-refractivity contribution < 1.29 is 9.53 Å². The Bertz CT molecular complexity index is 460. The number of amides is 1. The molecule has 5 nitrogen and oxygen atoms in total. The van der Waals surface area contributed by atoms with Gasteiger partial charge in [0.1, 0.15) is 0 Å². The Balaban J connectivity index is 1.66. The van der Waals surface area contributed by atoms with Crippen LogP contribution in [0.2, 0.25) is 0 Å². The van der Waals surface area contributed by atoms with Crippen LogP contribution in [0.4, 0.5) is 0 Å². The minimum Gasteiger partial charge on any atom is -0.381 e. The van der Waals surface area contributed by atoms with E-state index in [0.29, 0.717) is 18.5 Å². The molecule has 0 aromatic carbocycles. The quantitative estimate of drug-likeness (QED) is 0.889. The first-order valence-corrected chi connectivity index (χ1v) is 7.81. The van der Waals surface area contributed by atoms with Crippen LogP contribution in [0.1, 0.15) is 31.2 Å². The number of rotatable bonds is 5.